The maximum Gasteiger partial charge on any atom is 0.410 e. The Morgan fingerprint density at radius 2 is 2.11 bits per heavy atom. The summed E-state index contributed by atoms with van der Waals surface area (Å²) in [6, 6.07) is 0. The number of aromatic nitrogens is 2. The molecule has 0 bridgehead atoms. The first kappa shape index (κ1) is 13.6. The van der Waals surface area contributed by atoms with Crippen molar-refractivity contribution in [1.82, 2.24) is 14.5 Å². The molecule has 0 saturated heterocycles. The molecule has 2 rings (SSSR count). The molecule has 1 aromatic heterocycles. The van der Waals surface area contributed by atoms with Crippen molar-refractivity contribution in [2.75, 3.05) is 6.54 Å². The monoisotopic (exact) mass is 363 g/mol. The van der Waals surface area contributed by atoms with Crippen molar-refractivity contribution in [2.45, 2.75) is 39.3 Å². The molecular formula is C12H18IN3O2. The predicted molar refractivity (Wildman–Crippen MR) is 76.3 cm³/mol. The number of carbonyl (C=O) groups excluding carboxylic acids is 1. The molecule has 0 saturated carbocycles. The van der Waals surface area contributed by atoms with Crippen LogP contribution in [-0.2, 0) is 24.8 Å². The highest BCUT2D eigenvalue weighted by Crippen LogP contribution is 2.21. The largest absolute Gasteiger partial charge is 0.444 e. The maximum absolute atomic E-state index is 12.0. The third kappa shape index (κ3) is 2.78. The van der Waals surface area contributed by atoms with Crippen molar-refractivity contribution in [3.05, 3.63) is 15.2 Å². The second-order valence-corrected chi connectivity index (χ2v) is 6.45. The average Bonchev–Trinajstić information content (AvgIpc) is 2.52. The van der Waals surface area contributed by atoms with Gasteiger partial charge in [-0.05, 0) is 43.4 Å². The number of ether oxygens (including phenoxy) is 1. The Bertz CT molecular complexity index is 476. The molecule has 18 heavy (non-hydrogen) atoms. The highest BCUT2D eigenvalue weighted by atomic mass is 127. The summed E-state index contributed by atoms with van der Waals surface area (Å²) in [4.78, 5) is 18.2. The number of imidazole rings is 1. The molecule has 0 fully saturated rings. The summed E-state index contributed by atoms with van der Waals surface area (Å²) in [5.41, 5.74) is 1.76. The fraction of sp³-hybridized carbons (Fsp3) is 0.667. The Labute approximate surface area is 121 Å². The fourth-order valence-corrected chi connectivity index (χ4v) is 2.52. The van der Waals surface area contributed by atoms with Crippen LogP contribution in [0.2, 0.25) is 0 Å². The Hall–Kier alpha value is -0.790. The van der Waals surface area contributed by atoms with Gasteiger partial charge in [0.25, 0.3) is 0 Å². The summed E-state index contributed by atoms with van der Waals surface area (Å²) in [7, 11) is 1.98. The van der Waals surface area contributed by atoms with Crippen molar-refractivity contribution >= 4 is 28.7 Å². The summed E-state index contributed by atoms with van der Waals surface area (Å²) in [5.74, 6) is 0. The van der Waals surface area contributed by atoms with Gasteiger partial charge in [-0.2, -0.15) is 0 Å². The number of carbonyl (C=O) groups is 1. The van der Waals surface area contributed by atoms with Crippen molar-refractivity contribution in [3.63, 3.8) is 0 Å². The lowest BCUT2D eigenvalue weighted by Crippen LogP contribution is -2.40. The van der Waals surface area contributed by atoms with E-state index < -0.39 is 5.60 Å². The first-order valence-electron chi connectivity index (χ1n) is 5.96. The van der Waals surface area contributed by atoms with Crippen LogP contribution in [0.15, 0.2) is 0 Å². The molecule has 0 radical (unpaired) electrons. The number of fused-ring (bicyclic) bond motifs is 1. The number of amides is 1. The summed E-state index contributed by atoms with van der Waals surface area (Å²) in [6.07, 6.45) is 0.551. The molecule has 100 valence electrons. The first-order valence-corrected chi connectivity index (χ1v) is 7.03. The van der Waals surface area contributed by atoms with Gasteiger partial charge in [0.1, 0.15) is 5.60 Å². The van der Waals surface area contributed by atoms with Crippen LogP contribution in [0, 0.1) is 3.83 Å². The van der Waals surface area contributed by atoms with E-state index in [0.717, 1.165) is 21.6 Å². The second-order valence-electron chi connectivity index (χ2n) is 5.49. The van der Waals surface area contributed by atoms with E-state index in [1.807, 2.05) is 32.4 Å². The molecule has 0 aromatic carbocycles. The zero-order valence-electron chi connectivity index (χ0n) is 11.2. The zero-order valence-corrected chi connectivity index (χ0v) is 13.3. The molecular weight excluding hydrogens is 345 g/mol. The van der Waals surface area contributed by atoms with Crippen LogP contribution in [0.5, 0.6) is 0 Å². The van der Waals surface area contributed by atoms with Crippen molar-refractivity contribution in [2.24, 2.45) is 7.05 Å². The molecule has 5 nitrogen and oxygen atoms in total. The van der Waals surface area contributed by atoms with Crippen molar-refractivity contribution < 1.29 is 9.53 Å². The average molecular weight is 363 g/mol. The molecule has 1 aromatic rings. The lowest BCUT2D eigenvalue weighted by molar-refractivity contribution is 0.0219. The topological polar surface area (TPSA) is 47.4 Å². The summed E-state index contributed by atoms with van der Waals surface area (Å²) >= 11 is 2.21. The Morgan fingerprint density at radius 1 is 1.44 bits per heavy atom. The number of halogens is 1. The van der Waals surface area contributed by atoms with E-state index in [-0.39, 0.29) is 6.09 Å². The lowest BCUT2D eigenvalue weighted by atomic mass is 10.1. The summed E-state index contributed by atoms with van der Waals surface area (Å²) in [5, 5.41) is 0. The second kappa shape index (κ2) is 4.71. The highest BCUT2D eigenvalue weighted by Gasteiger charge is 2.28. The van der Waals surface area contributed by atoms with Crippen LogP contribution in [0.1, 0.15) is 32.2 Å². The maximum atomic E-state index is 12.0. The van der Waals surface area contributed by atoms with E-state index in [2.05, 4.69) is 27.6 Å². The van der Waals surface area contributed by atoms with Crippen LogP contribution in [-0.4, -0.2) is 32.7 Å². The quantitative estimate of drug-likeness (QED) is 0.665. The molecule has 1 amide bonds. The van der Waals surface area contributed by atoms with Gasteiger partial charge in [0, 0.05) is 20.0 Å². The Balaban J connectivity index is 2.12. The standard InChI is InChI=1S/C12H18IN3O2/c1-12(2,3)18-11(17)16-6-5-8-9(7-16)15(4)10(13)14-8/h5-7H2,1-4H3. The van der Waals surface area contributed by atoms with E-state index in [1.54, 1.807) is 4.90 Å². The summed E-state index contributed by atoms with van der Waals surface area (Å²) < 4.78 is 8.39. The van der Waals surface area contributed by atoms with Crippen LogP contribution in [0.3, 0.4) is 0 Å². The van der Waals surface area contributed by atoms with E-state index in [1.165, 1.54) is 0 Å². The third-order valence-electron chi connectivity index (χ3n) is 2.85. The first-order chi connectivity index (χ1) is 8.28. The summed E-state index contributed by atoms with van der Waals surface area (Å²) in [6.45, 7) is 6.90. The van der Waals surface area contributed by atoms with E-state index in [9.17, 15) is 4.79 Å². The van der Waals surface area contributed by atoms with Crippen molar-refractivity contribution in [1.29, 1.82) is 0 Å². The van der Waals surface area contributed by atoms with E-state index >= 15 is 0 Å². The molecule has 0 aliphatic carbocycles. The number of nitrogens with zero attached hydrogens (tertiary/aromatic N) is 3. The third-order valence-corrected chi connectivity index (χ3v) is 3.82. The van der Waals surface area contributed by atoms with Crippen LogP contribution in [0.4, 0.5) is 4.79 Å². The van der Waals surface area contributed by atoms with Gasteiger partial charge in [-0.3, -0.25) is 0 Å². The van der Waals surface area contributed by atoms with Gasteiger partial charge in [-0.1, -0.05) is 0 Å². The Kier molecular flexibility index (Phi) is 3.57. The fourth-order valence-electron chi connectivity index (χ4n) is 1.94. The number of hydrogen-bond donors (Lipinski definition) is 0. The van der Waals surface area contributed by atoms with Gasteiger partial charge < -0.3 is 14.2 Å². The minimum Gasteiger partial charge on any atom is -0.444 e. The molecule has 2 heterocycles. The molecule has 6 heteroatoms. The molecule has 0 atom stereocenters. The Morgan fingerprint density at radius 3 is 2.72 bits per heavy atom. The van der Waals surface area contributed by atoms with Gasteiger partial charge in [0.05, 0.1) is 17.9 Å². The van der Waals surface area contributed by atoms with Gasteiger partial charge in [0.2, 0.25) is 0 Å². The van der Waals surface area contributed by atoms with Crippen LogP contribution in [0.25, 0.3) is 0 Å². The molecule has 0 spiro atoms. The number of rotatable bonds is 0. The van der Waals surface area contributed by atoms with Crippen molar-refractivity contribution in [3.8, 4) is 0 Å². The molecule has 0 unspecified atom stereocenters. The minimum absolute atomic E-state index is 0.246. The molecule has 1 aliphatic heterocycles. The highest BCUT2D eigenvalue weighted by molar-refractivity contribution is 14.1. The zero-order chi connectivity index (χ0) is 13.5. The van der Waals surface area contributed by atoms with Gasteiger partial charge in [0.15, 0.2) is 3.83 Å². The van der Waals surface area contributed by atoms with E-state index in [4.69, 9.17) is 4.74 Å². The SMILES string of the molecule is Cn1c(I)nc2c1CN(C(=O)OC(C)(C)C)CC2. The van der Waals surface area contributed by atoms with Gasteiger partial charge in [-0.15, -0.1) is 0 Å². The predicted octanol–water partition coefficient (Wildman–Crippen LogP) is 2.32. The number of hydrogen-bond acceptors (Lipinski definition) is 3. The molecule has 1 aliphatic rings. The van der Waals surface area contributed by atoms with Gasteiger partial charge in [-0.25, -0.2) is 9.78 Å². The lowest BCUT2D eigenvalue weighted by Gasteiger charge is -2.30. The van der Waals surface area contributed by atoms with Crippen LogP contribution >= 0.6 is 22.6 Å². The normalized spacial score (nSPS) is 15.5. The van der Waals surface area contributed by atoms with E-state index in [0.29, 0.717) is 13.1 Å². The van der Waals surface area contributed by atoms with Crippen LogP contribution < -0.4 is 0 Å². The minimum atomic E-state index is -0.446. The van der Waals surface area contributed by atoms with Gasteiger partial charge >= 0.3 is 6.09 Å². The molecule has 0 N–H and O–H groups in total. The smallest absolute Gasteiger partial charge is 0.410 e.